The van der Waals surface area contributed by atoms with Gasteiger partial charge in [0.1, 0.15) is 5.65 Å². The van der Waals surface area contributed by atoms with Gasteiger partial charge in [-0.05, 0) is 32.3 Å². The maximum absolute atomic E-state index is 13.5. The number of H-pyrrole nitrogens is 1. The summed E-state index contributed by atoms with van der Waals surface area (Å²) in [4.78, 5) is 23.9. The van der Waals surface area contributed by atoms with Crippen LogP contribution in [0, 0.1) is 0 Å². The topological polar surface area (TPSA) is 97.8 Å². The first-order valence-corrected chi connectivity index (χ1v) is 10.9. The lowest BCUT2D eigenvalue weighted by molar-refractivity contribution is 0.367. The zero-order chi connectivity index (χ0) is 21.7. The molecule has 3 N–H and O–H groups in total. The standard InChI is InChI=1S/C22H24ClN7O.ClH/c1-22(24)8-11-4-7-16(22)30(11)21-26-19-17(20(31)29(21)3)13(9-25-19)12-5-6-15-14(18(12)23)10-28(2)27-15;/h5-6,9-11,16,25H,4,7-8,24H2,1-3H3;1H. The minimum Gasteiger partial charge on any atom is -0.345 e. The zero-order valence-corrected chi connectivity index (χ0v) is 19.7. The molecule has 0 aliphatic carbocycles. The normalized spacial score (nSPS) is 24.6. The van der Waals surface area contributed by atoms with Gasteiger partial charge in [0.2, 0.25) is 5.95 Å². The van der Waals surface area contributed by atoms with Gasteiger partial charge in [-0.15, -0.1) is 12.4 Å². The minimum atomic E-state index is -0.261. The lowest BCUT2D eigenvalue weighted by Crippen LogP contribution is -2.49. The predicted octanol–water partition coefficient (Wildman–Crippen LogP) is 3.35. The van der Waals surface area contributed by atoms with E-state index in [-0.39, 0.29) is 29.5 Å². The van der Waals surface area contributed by atoms with Crippen molar-refractivity contribution < 1.29 is 0 Å². The monoisotopic (exact) mass is 473 g/mol. The molecule has 5 heterocycles. The smallest absolute Gasteiger partial charge is 0.264 e. The summed E-state index contributed by atoms with van der Waals surface area (Å²) in [6.07, 6.45) is 6.74. The number of hydrogen-bond acceptors (Lipinski definition) is 5. The highest BCUT2D eigenvalue weighted by molar-refractivity contribution is 6.38. The Hall–Kier alpha value is -2.55. The highest BCUT2D eigenvalue weighted by Crippen LogP contribution is 2.45. The van der Waals surface area contributed by atoms with E-state index in [2.05, 4.69) is 21.9 Å². The Morgan fingerprint density at radius 1 is 1.25 bits per heavy atom. The Bertz CT molecular complexity index is 1430. The summed E-state index contributed by atoms with van der Waals surface area (Å²) in [5.74, 6) is 0.682. The van der Waals surface area contributed by atoms with Gasteiger partial charge in [0.05, 0.1) is 15.9 Å². The lowest BCUT2D eigenvalue weighted by Gasteiger charge is -2.30. The molecule has 1 aromatic carbocycles. The number of nitrogens with one attached hydrogen (secondary N) is 1. The van der Waals surface area contributed by atoms with Gasteiger partial charge in [-0.1, -0.05) is 17.7 Å². The summed E-state index contributed by atoms with van der Waals surface area (Å²) in [6.45, 7) is 2.10. The summed E-state index contributed by atoms with van der Waals surface area (Å²) in [6, 6.07) is 4.36. The number of nitrogens with zero attached hydrogens (tertiary/aromatic N) is 5. The SMILES string of the molecule is Cl.Cn1cc2c(Cl)c(-c3c[nH]c4nc(N5C6CCC5C(C)(N)C6)n(C)c(=O)c34)ccc2n1. The number of fused-ring (bicyclic) bond motifs is 4. The number of aromatic amines is 1. The van der Waals surface area contributed by atoms with Crippen LogP contribution in [0.4, 0.5) is 5.95 Å². The van der Waals surface area contributed by atoms with Gasteiger partial charge in [-0.2, -0.15) is 10.1 Å². The molecule has 0 saturated carbocycles. The lowest BCUT2D eigenvalue weighted by atomic mass is 9.84. The Morgan fingerprint density at radius 3 is 2.72 bits per heavy atom. The summed E-state index contributed by atoms with van der Waals surface area (Å²) < 4.78 is 3.39. The number of aromatic nitrogens is 5. The van der Waals surface area contributed by atoms with E-state index in [9.17, 15) is 4.79 Å². The van der Waals surface area contributed by atoms with E-state index in [0.29, 0.717) is 28.0 Å². The van der Waals surface area contributed by atoms with Crippen molar-refractivity contribution in [3.05, 3.63) is 39.9 Å². The zero-order valence-electron chi connectivity index (χ0n) is 18.1. The molecule has 2 saturated heterocycles. The van der Waals surface area contributed by atoms with Crippen LogP contribution < -0.4 is 16.2 Å². The maximum atomic E-state index is 13.5. The van der Waals surface area contributed by atoms with E-state index in [1.807, 2.05) is 31.6 Å². The average molecular weight is 474 g/mol. The maximum Gasteiger partial charge on any atom is 0.264 e. The van der Waals surface area contributed by atoms with Crippen LogP contribution in [0.15, 0.2) is 29.3 Å². The first kappa shape index (κ1) is 21.3. The number of anilines is 1. The average Bonchev–Trinajstić information content (AvgIpc) is 3.45. The number of aryl methyl sites for hydroxylation is 1. The molecular formula is C22H25Cl2N7O. The molecule has 2 bridgehead atoms. The van der Waals surface area contributed by atoms with E-state index in [1.54, 1.807) is 16.3 Å². The third-order valence-corrected chi connectivity index (χ3v) is 7.50. The molecule has 3 unspecified atom stereocenters. The van der Waals surface area contributed by atoms with Crippen molar-refractivity contribution in [3.8, 4) is 11.1 Å². The van der Waals surface area contributed by atoms with Gasteiger partial charge >= 0.3 is 0 Å². The molecule has 0 spiro atoms. The minimum absolute atomic E-state index is 0. The fraction of sp³-hybridized carbons (Fsp3) is 0.409. The van der Waals surface area contributed by atoms with Crippen molar-refractivity contribution in [1.82, 2.24) is 24.3 Å². The second-order valence-electron chi connectivity index (χ2n) is 9.23. The third-order valence-electron chi connectivity index (χ3n) is 7.09. The number of nitrogens with two attached hydrogens (primary N) is 1. The fourth-order valence-corrected chi connectivity index (χ4v) is 5.97. The highest BCUT2D eigenvalue weighted by Gasteiger charge is 2.52. The Labute approximate surface area is 195 Å². The van der Waals surface area contributed by atoms with Gasteiger partial charge < -0.3 is 15.6 Å². The van der Waals surface area contributed by atoms with Gasteiger partial charge in [-0.3, -0.25) is 14.0 Å². The molecule has 2 aliphatic rings. The van der Waals surface area contributed by atoms with Crippen molar-refractivity contribution in [3.63, 3.8) is 0 Å². The molecule has 2 aliphatic heterocycles. The summed E-state index contributed by atoms with van der Waals surface area (Å²) in [7, 11) is 3.65. The Morgan fingerprint density at radius 2 is 2.03 bits per heavy atom. The first-order valence-electron chi connectivity index (χ1n) is 10.5. The largest absolute Gasteiger partial charge is 0.345 e. The second-order valence-corrected chi connectivity index (χ2v) is 9.61. The molecule has 3 atom stereocenters. The van der Waals surface area contributed by atoms with Crippen LogP contribution in [0.1, 0.15) is 26.2 Å². The van der Waals surface area contributed by atoms with Crippen LogP contribution in [0.25, 0.3) is 33.1 Å². The fourth-order valence-electron chi connectivity index (χ4n) is 5.66. The van der Waals surface area contributed by atoms with Gasteiger partial charge in [0.25, 0.3) is 5.56 Å². The molecule has 10 heteroatoms. The van der Waals surface area contributed by atoms with Crippen LogP contribution in [0.2, 0.25) is 5.02 Å². The molecule has 4 aromatic rings. The quantitative estimate of drug-likeness (QED) is 0.465. The van der Waals surface area contributed by atoms with Crippen molar-refractivity contribution in [2.75, 3.05) is 4.90 Å². The van der Waals surface area contributed by atoms with Crippen molar-refractivity contribution >= 4 is 51.9 Å². The molecule has 3 aromatic heterocycles. The van der Waals surface area contributed by atoms with Gasteiger partial charge in [-0.25, -0.2) is 0 Å². The van der Waals surface area contributed by atoms with Gasteiger partial charge in [0, 0.05) is 60.6 Å². The summed E-state index contributed by atoms with van der Waals surface area (Å²) >= 11 is 6.73. The predicted molar refractivity (Wildman–Crippen MR) is 130 cm³/mol. The Kier molecular flexibility index (Phi) is 4.64. The van der Waals surface area contributed by atoms with Crippen molar-refractivity contribution in [1.29, 1.82) is 0 Å². The molecule has 0 amide bonds. The van der Waals surface area contributed by atoms with Crippen LogP contribution in [-0.2, 0) is 14.1 Å². The molecule has 6 rings (SSSR count). The van der Waals surface area contributed by atoms with Gasteiger partial charge in [0.15, 0.2) is 0 Å². The highest BCUT2D eigenvalue weighted by atomic mass is 35.5. The van der Waals surface area contributed by atoms with Crippen LogP contribution in [-0.4, -0.2) is 41.9 Å². The summed E-state index contributed by atoms with van der Waals surface area (Å²) in [5.41, 5.74) is 9.12. The molecule has 168 valence electrons. The van der Waals surface area contributed by atoms with E-state index in [1.165, 1.54) is 0 Å². The van der Waals surface area contributed by atoms with Crippen molar-refractivity contribution in [2.45, 2.75) is 43.8 Å². The third kappa shape index (κ3) is 2.76. The number of benzene rings is 1. The van der Waals surface area contributed by atoms with Crippen LogP contribution >= 0.6 is 24.0 Å². The molecule has 8 nitrogen and oxygen atoms in total. The second kappa shape index (κ2) is 6.97. The molecule has 32 heavy (non-hydrogen) atoms. The number of halogens is 2. The van der Waals surface area contributed by atoms with Crippen LogP contribution in [0.5, 0.6) is 0 Å². The van der Waals surface area contributed by atoms with E-state index < -0.39 is 0 Å². The molecule has 0 radical (unpaired) electrons. The molecule has 2 fully saturated rings. The van der Waals surface area contributed by atoms with Crippen LogP contribution in [0.3, 0.4) is 0 Å². The molecular weight excluding hydrogens is 449 g/mol. The van der Waals surface area contributed by atoms with E-state index in [4.69, 9.17) is 22.3 Å². The van der Waals surface area contributed by atoms with E-state index >= 15 is 0 Å². The first-order chi connectivity index (χ1) is 14.8. The number of rotatable bonds is 2. The number of hydrogen-bond donors (Lipinski definition) is 2. The Balaban J connectivity index is 0.00000216. The van der Waals surface area contributed by atoms with Crippen molar-refractivity contribution in [2.24, 2.45) is 19.8 Å². The van der Waals surface area contributed by atoms with E-state index in [0.717, 1.165) is 41.3 Å². The summed E-state index contributed by atoms with van der Waals surface area (Å²) in [5, 5.41) is 6.38.